The Kier molecular flexibility index (Phi) is 6.62. The van der Waals surface area contributed by atoms with E-state index in [9.17, 15) is 22.8 Å². The summed E-state index contributed by atoms with van der Waals surface area (Å²) in [6.07, 6.45) is -1.99. The number of benzene rings is 2. The first kappa shape index (κ1) is 21.2. The number of alkyl halides is 3. The molecule has 0 aromatic heterocycles. The summed E-state index contributed by atoms with van der Waals surface area (Å²) in [5.74, 6) is -0.801. The predicted molar refractivity (Wildman–Crippen MR) is 104 cm³/mol. The maximum absolute atomic E-state index is 13.3. The van der Waals surface area contributed by atoms with Gasteiger partial charge in [-0.05, 0) is 41.3 Å². The SMILES string of the molecule is CC(=O)Nc1ccc(NC(=O)/C=C/c2ccc(C(C)C)cc2)c(C(F)(F)F)c1. The molecule has 0 unspecified atom stereocenters. The van der Waals surface area contributed by atoms with E-state index in [2.05, 4.69) is 24.5 Å². The molecule has 0 atom stereocenters. The molecule has 4 nitrogen and oxygen atoms in total. The van der Waals surface area contributed by atoms with Crippen molar-refractivity contribution in [2.24, 2.45) is 0 Å². The molecule has 0 fully saturated rings. The van der Waals surface area contributed by atoms with Crippen LogP contribution in [0, 0.1) is 0 Å². The first-order chi connectivity index (χ1) is 13.1. The van der Waals surface area contributed by atoms with Gasteiger partial charge in [-0.3, -0.25) is 9.59 Å². The van der Waals surface area contributed by atoms with Crippen LogP contribution in [0.2, 0.25) is 0 Å². The normalized spacial score (nSPS) is 11.7. The fraction of sp³-hybridized carbons (Fsp3) is 0.238. The molecule has 28 heavy (non-hydrogen) atoms. The van der Waals surface area contributed by atoms with E-state index in [0.717, 1.165) is 23.3 Å². The van der Waals surface area contributed by atoms with Crippen LogP contribution in [0.15, 0.2) is 48.5 Å². The van der Waals surface area contributed by atoms with Gasteiger partial charge in [-0.2, -0.15) is 13.2 Å². The van der Waals surface area contributed by atoms with E-state index >= 15 is 0 Å². The molecule has 0 saturated carbocycles. The molecule has 2 aromatic carbocycles. The highest BCUT2D eigenvalue weighted by Crippen LogP contribution is 2.36. The van der Waals surface area contributed by atoms with Gasteiger partial charge >= 0.3 is 6.18 Å². The zero-order valence-electron chi connectivity index (χ0n) is 15.7. The Morgan fingerprint density at radius 3 is 2.18 bits per heavy atom. The Bertz CT molecular complexity index is 886. The van der Waals surface area contributed by atoms with E-state index in [1.54, 1.807) is 0 Å². The summed E-state index contributed by atoms with van der Waals surface area (Å²) in [5.41, 5.74) is 0.485. The monoisotopic (exact) mass is 390 g/mol. The molecule has 2 amide bonds. The average molecular weight is 390 g/mol. The third-order valence-electron chi connectivity index (χ3n) is 3.93. The number of carbonyl (C=O) groups excluding carboxylic acids is 2. The van der Waals surface area contributed by atoms with Gasteiger partial charge in [0.15, 0.2) is 0 Å². The Morgan fingerprint density at radius 2 is 1.64 bits per heavy atom. The van der Waals surface area contributed by atoms with Crippen molar-refractivity contribution < 1.29 is 22.8 Å². The minimum absolute atomic E-state index is 0.00129. The van der Waals surface area contributed by atoms with Crippen LogP contribution in [-0.4, -0.2) is 11.8 Å². The maximum atomic E-state index is 13.3. The highest BCUT2D eigenvalue weighted by atomic mass is 19.4. The fourth-order valence-electron chi connectivity index (χ4n) is 2.51. The van der Waals surface area contributed by atoms with Gasteiger partial charge in [0.2, 0.25) is 11.8 Å². The highest BCUT2D eigenvalue weighted by Gasteiger charge is 2.34. The number of hydrogen-bond acceptors (Lipinski definition) is 2. The Hall–Kier alpha value is -3.09. The summed E-state index contributed by atoms with van der Waals surface area (Å²) in [4.78, 5) is 23.1. The molecule has 2 N–H and O–H groups in total. The summed E-state index contributed by atoms with van der Waals surface area (Å²) >= 11 is 0. The summed E-state index contributed by atoms with van der Waals surface area (Å²) in [5, 5.41) is 4.53. The highest BCUT2D eigenvalue weighted by molar-refractivity contribution is 6.02. The first-order valence-electron chi connectivity index (χ1n) is 8.64. The van der Waals surface area contributed by atoms with Crippen LogP contribution >= 0.6 is 0 Å². The number of nitrogens with one attached hydrogen (secondary N) is 2. The van der Waals surface area contributed by atoms with E-state index < -0.39 is 23.6 Å². The summed E-state index contributed by atoms with van der Waals surface area (Å²) in [7, 11) is 0. The number of carbonyl (C=O) groups is 2. The zero-order valence-corrected chi connectivity index (χ0v) is 15.7. The molecule has 0 saturated heterocycles. The molecule has 0 bridgehead atoms. The average Bonchev–Trinajstić information content (AvgIpc) is 2.60. The van der Waals surface area contributed by atoms with Crippen molar-refractivity contribution in [1.82, 2.24) is 0 Å². The lowest BCUT2D eigenvalue weighted by Crippen LogP contribution is -2.16. The van der Waals surface area contributed by atoms with Gasteiger partial charge in [0.25, 0.3) is 0 Å². The molecule has 0 heterocycles. The third kappa shape index (κ3) is 5.97. The van der Waals surface area contributed by atoms with Crippen molar-refractivity contribution in [2.45, 2.75) is 32.9 Å². The van der Waals surface area contributed by atoms with Crippen molar-refractivity contribution in [3.8, 4) is 0 Å². The van der Waals surface area contributed by atoms with Crippen LogP contribution in [0.1, 0.15) is 43.4 Å². The van der Waals surface area contributed by atoms with Crippen LogP contribution in [0.3, 0.4) is 0 Å². The number of amides is 2. The van der Waals surface area contributed by atoms with Gasteiger partial charge in [0.05, 0.1) is 11.3 Å². The van der Waals surface area contributed by atoms with E-state index in [1.807, 2.05) is 24.3 Å². The quantitative estimate of drug-likeness (QED) is 0.668. The molecule has 2 aromatic rings. The number of rotatable bonds is 5. The molecule has 0 spiro atoms. The van der Waals surface area contributed by atoms with E-state index in [1.165, 1.54) is 25.1 Å². The smallest absolute Gasteiger partial charge is 0.326 e. The third-order valence-corrected chi connectivity index (χ3v) is 3.93. The van der Waals surface area contributed by atoms with Gasteiger partial charge in [0, 0.05) is 18.7 Å². The molecule has 7 heteroatoms. The van der Waals surface area contributed by atoms with Crippen LogP contribution in [-0.2, 0) is 15.8 Å². The number of halogens is 3. The Morgan fingerprint density at radius 1 is 1.00 bits per heavy atom. The van der Waals surface area contributed by atoms with Crippen LogP contribution in [0.4, 0.5) is 24.5 Å². The summed E-state index contributed by atoms with van der Waals surface area (Å²) < 4.78 is 39.9. The lowest BCUT2D eigenvalue weighted by Gasteiger charge is -2.15. The van der Waals surface area contributed by atoms with Gasteiger partial charge in [-0.15, -0.1) is 0 Å². The Balaban J connectivity index is 2.17. The van der Waals surface area contributed by atoms with Crippen molar-refractivity contribution in [2.75, 3.05) is 10.6 Å². The zero-order chi connectivity index (χ0) is 20.9. The lowest BCUT2D eigenvalue weighted by atomic mass is 10.0. The minimum atomic E-state index is -4.69. The molecule has 148 valence electrons. The van der Waals surface area contributed by atoms with E-state index in [0.29, 0.717) is 5.92 Å². The second-order valence-corrected chi connectivity index (χ2v) is 6.58. The Labute approximate surface area is 161 Å². The van der Waals surface area contributed by atoms with Crippen molar-refractivity contribution >= 4 is 29.3 Å². The summed E-state index contributed by atoms with van der Waals surface area (Å²) in [6.45, 7) is 5.32. The topological polar surface area (TPSA) is 58.2 Å². The van der Waals surface area contributed by atoms with Gasteiger partial charge in [-0.25, -0.2) is 0 Å². The number of anilines is 2. The summed E-state index contributed by atoms with van der Waals surface area (Å²) in [6, 6.07) is 10.7. The standard InChI is InChI=1S/C21H21F3N2O2/c1-13(2)16-7-4-15(5-8-16)6-11-20(28)26-19-10-9-17(25-14(3)27)12-18(19)21(22,23)24/h4-13H,1-3H3,(H,25,27)(H,26,28)/b11-6+. The molecule has 2 rings (SSSR count). The van der Waals surface area contributed by atoms with Crippen LogP contribution in [0.5, 0.6) is 0 Å². The molecule has 0 aliphatic heterocycles. The lowest BCUT2D eigenvalue weighted by molar-refractivity contribution is -0.137. The minimum Gasteiger partial charge on any atom is -0.326 e. The van der Waals surface area contributed by atoms with Crippen molar-refractivity contribution in [3.05, 3.63) is 65.2 Å². The number of hydrogen-bond donors (Lipinski definition) is 2. The fourth-order valence-corrected chi connectivity index (χ4v) is 2.51. The molecule has 0 aliphatic rings. The first-order valence-corrected chi connectivity index (χ1v) is 8.64. The molecular formula is C21H21F3N2O2. The van der Waals surface area contributed by atoms with E-state index in [4.69, 9.17) is 0 Å². The van der Waals surface area contributed by atoms with Crippen molar-refractivity contribution in [1.29, 1.82) is 0 Å². The molecular weight excluding hydrogens is 369 g/mol. The second-order valence-electron chi connectivity index (χ2n) is 6.58. The molecule has 0 radical (unpaired) electrons. The largest absolute Gasteiger partial charge is 0.418 e. The van der Waals surface area contributed by atoms with Crippen LogP contribution < -0.4 is 10.6 Å². The van der Waals surface area contributed by atoms with Crippen LogP contribution in [0.25, 0.3) is 6.08 Å². The maximum Gasteiger partial charge on any atom is 0.418 e. The second kappa shape index (κ2) is 8.73. The molecule has 0 aliphatic carbocycles. The van der Waals surface area contributed by atoms with Gasteiger partial charge in [0.1, 0.15) is 0 Å². The van der Waals surface area contributed by atoms with Gasteiger partial charge < -0.3 is 10.6 Å². The van der Waals surface area contributed by atoms with Crippen molar-refractivity contribution in [3.63, 3.8) is 0 Å². The van der Waals surface area contributed by atoms with E-state index in [-0.39, 0.29) is 11.4 Å². The predicted octanol–water partition coefficient (Wildman–Crippen LogP) is 5.44. The van der Waals surface area contributed by atoms with Gasteiger partial charge in [-0.1, -0.05) is 38.1 Å².